The third-order valence-corrected chi connectivity index (χ3v) is 3.88. The molecule has 0 aromatic carbocycles. The second kappa shape index (κ2) is 5.13. The van der Waals surface area contributed by atoms with E-state index in [1.807, 2.05) is 0 Å². The van der Waals surface area contributed by atoms with E-state index in [0.717, 1.165) is 18.4 Å². The van der Waals surface area contributed by atoms with Crippen molar-refractivity contribution in [3.63, 3.8) is 0 Å². The minimum absolute atomic E-state index is 0.608. The maximum absolute atomic E-state index is 5.82. The van der Waals surface area contributed by atoms with Crippen LogP contribution in [0.25, 0.3) is 0 Å². The van der Waals surface area contributed by atoms with E-state index in [9.17, 15) is 0 Å². The summed E-state index contributed by atoms with van der Waals surface area (Å²) in [5.41, 5.74) is 5.82. The molecule has 2 saturated carbocycles. The predicted octanol–water partition coefficient (Wildman–Crippen LogP) is 1.89. The van der Waals surface area contributed by atoms with Gasteiger partial charge in [-0.2, -0.15) is 0 Å². The topological polar surface area (TPSA) is 38.0 Å². The summed E-state index contributed by atoms with van der Waals surface area (Å²) in [6.07, 6.45) is 9.97. The van der Waals surface area contributed by atoms with Crippen LogP contribution in [0.15, 0.2) is 0 Å². The van der Waals surface area contributed by atoms with E-state index in [1.165, 1.54) is 51.5 Å². The van der Waals surface area contributed by atoms with Crippen molar-refractivity contribution in [1.29, 1.82) is 0 Å². The quantitative estimate of drug-likeness (QED) is 0.681. The first-order chi connectivity index (χ1) is 6.90. The number of nitrogens with two attached hydrogens (primary N) is 1. The third-order valence-electron chi connectivity index (χ3n) is 3.88. The molecule has 0 spiro atoms. The molecule has 0 saturated heterocycles. The number of hydrogen-bond acceptors (Lipinski definition) is 2. The van der Waals surface area contributed by atoms with Crippen LogP contribution in [0.2, 0.25) is 0 Å². The van der Waals surface area contributed by atoms with E-state index in [-0.39, 0.29) is 0 Å². The minimum Gasteiger partial charge on any atom is -0.329 e. The zero-order valence-electron chi connectivity index (χ0n) is 9.17. The van der Waals surface area contributed by atoms with Crippen LogP contribution in [-0.4, -0.2) is 19.1 Å². The molecule has 2 nitrogen and oxygen atoms in total. The van der Waals surface area contributed by atoms with Crippen LogP contribution in [0.1, 0.15) is 44.9 Å². The summed E-state index contributed by atoms with van der Waals surface area (Å²) in [6, 6.07) is 0.608. The Hall–Kier alpha value is -0.0800. The highest BCUT2D eigenvalue weighted by Gasteiger charge is 2.25. The lowest BCUT2D eigenvalue weighted by atomic mass is 9.98. The van der Waals surface area contributed by atoms with Gasteiger partial charge in [0.15, 0.2) is 0 Å². The van der Waals surface area contributed by atoms with Gasteiger partial charge >= 0.3 is 0 Å². The van der Waals surface area contributed by atoms with Gasteiger partial charge in [-0.15, -0.1) is 0 Å². The second-order valence-electron chi connectivity index (χ2n) is 5.07. The molecular formula is C12H24N2. The Morgan fingerprint density at radius 3 is 2.43 bits per heavy atom. The normalized spacial score (nSPS) is 25.5. The van der Waals surface area contributed by atoms with Gasteiger partial charge in [0.2, 0.25) is 0 Å². The molecular weight excluding hydrogens is 172 g/mol. The maximum atomic E-state index is 5.82. The fourth-order valence-corrected chi connectivity index (χ4v) is 2.68. The van der Waals surface area contributed by atoms with E-state index in [4.69, 9.17) is 5.73 Å². The molecule has 2 aliphatic carbocycles. The summed E-state index contributed by atoms with van der Waals surface area (Å²) in [7, 11) is 0. The molecule has 2 aliphatic rings. The average molecular weight is 196 g/mol. The summed E-state index contributed by atoms with van der Waals surface area (Å²) >= 11 is 0. The zero-order chi connectivity index (χ0) is 9.80. The second-order valence-corrected chi connectivity index (χ2v) is 5.07. The van der Waals surface area contributed by atoms with Crippen molar-refractivity contribution in [3.05, 3.63) is 0 Å². The van der Waals surface area contributed by atoms with Gasteiger partial charge in [-0.3, -0.25) is 0 Å². The van der Waals surface area contributed by atoms with Crippen molar-refractivity contribution in [2.45, 2.75) is 51.0 Å². The Morgan fingerprint density at radius 2 is 1.86 bits per heavy atom. The minimum atomic E-state index is 0.608. The molecule has 0 aromatic heterocycles. The van der Waals surface area contributed by atoms with Crippen molar-refractivity contribution in [3.8, 4) is 0 Å². The molecule has 0 heterocycles. The predicted molar refractivity (Wildman–Crippen MR) is 60.1 cm³/mol. The van der Waals surface area contributed by atoms with Gasteiger partial charge in [0.1, 0.15) is 0 Å². The van der Waals surface area contributed by atoms with Gasteiger partial charge in [-0.05, 0) is 37.6 Å². The van der Waals surface area contributed by atoms with Crippen molar-refractivity contribution in [2.24, 2.45) is 17.6 Å². The first kappa shape index (κ1) is 10.4. The summed E-state index contributed by atoms with van der Waals surface area (Å²) in [5, 5.41) is 3.66. The Labute approximate surface area is 87.6 Å². The summed E-state index contributed by atoms with van der Waals surface area (Å²) in [6.45, 7) is 2.03. The van der Waals surface area contributed by atoms with Gasteiger partial charge in [-0.25, -0.2) is 0 Å². The van der Waals surface area contributed by atoms with Gasteiger partial charge in [0, 0.05) is 12.6 Å². The molecule has 0 aliphatic heterocycles. The molecule has 0 bridgehead atoms. The Morgan fingerprint density at radius 1 is 1.14 bits per heavy atom. The number of hydrogen-bond donors (Lipinski definition) is 2. The lowest BCUT2D eigenvalue weighted by Gasteiger charge is -2.23. The molecule has 2 rings (SSSR count). The molecule has 82 valence electrons. The van der Waals surface area contributed by atoms with Crippen molar-refractivity contribution < 1.29 is 0 Å². The molecule has 14 heavy (non-hydrogen) atoms. The van der Waals surface area contributed by atoms with E-state index in [1.54, 1.807) is 0 Å². The van der Waals surface area contributed by atoms with Crippen LogP contribution in [-0.2, 0) is 0 Å². The van der Waals surface area contributed by atoms with E-state index < -0.39 is 0 Å². The molecule has 0 amide bonds. The Balaban J connectivity index is 1.63. The van der Waals surface area contributed by atoms with Crippen LogP contribution in [0.3, 0.4) is 0 Å². The lowest BCUT2D eigenvalue weighted by Crippen LogP contribution is -2.41. The van der Waals surface area contributed by atoms with Gasteiger partial charge < -0.3 is 11.1 Å². The molecule has 3 N–H and O–H groups in total. The van der Waals surface area contributed by atoms with E-state index in [0.29, 0.717) is 6.04 Å². The molecule has 1 atom stereocenters. The van der Waals surface area contributed by atoms with E-state index in [2.05, 4.69) is 5.32 Å². The fraction of sp³-hybridized carbons (Fsp3) is 1.00. The standard InChI is InChI=1S/C12H24N2/c13-9-12(11-3-1-2-4-11)14-8-7-10-5-6-10/h10-12,14H,1-9,13H2. The average Bonchev–Trinajstić information content (AvgIpc) is 2.86. The number of nitrogens with one attached hydrogen (secondary N) is 1. The largest absolute Gasteiger partial charge is 0.329 e. The van der Waals surface area contributed by atoms with Crippen LogP contribution >= 0.6 is 0 Å². The smallest absolute Gasteiger partial charge is 0.0218 e. The van der Waals surface area contributed by atoms with Gasteiger partial charge in [0.25, 0.3) is 0 Å². The summed E-state index contributed by atoms with van der Waals surface area (Å²) < 4.78 is 0. The molecule has 0 aromatic rings. The lowest BCUT2D eigenvalue weighted by molar-refractivity contribution is 0.360. The van der Waals surface area contributed by atoms with Gasteiger partial charge in [-0.1, -0.05) is 25.7 Å². The Kier molecular flexibility index (Phi) is 3.82. The monoisotopic (exact) mass is 196 g/mol. The SMILES string of the molecule is NCC(NCCC1CC1)C1CCCC1. The Bertz CT molecular complexity index is 160. The molecule has 2 heteroatoms. The molecule has 0 radical (unpaired) electrons. The van der Waals surface area contributed by atoms with Crippen molar-refractivity contribution in [2.75, 3.05) is 13.1 Å². The van der Waals surface area contributed by atoms with Crippen LogP contribution in [0, 0.1) is 11.8 Å². The summed E-state index contributed by atoms with van der Waals surface area (Å²) in [4.78, 5) is 0. The first-order valence-electron chi connectivity index (χ1n) is 6.33. The summed E-state index contributed by atoms with van der Waals surface area (Å²) in [5.74, 6) is 1.92. The molecule has 1 unspecified atom stereocenters. The third kappa shape index (κ3) is 2.96. The van der Waals surface area contributed by atoms with Crippen LogP contribution < -0.4 is 11.1 Å². The fourth-order valence-electron chi connectivity index (χ4n) is 2.68. The highest BCUT2D eigenvalue weighted by atomic mass is 14.9. The van der Waals surface area contributed by atoms with Crippen LogP contribution in [0.4, 0.5) is 0 Å². The zero-order valence-corrected chi connectivity index (χ0v) is 9.17. The van der Waals surface area contributed by atoms with Crippen LogP contribution in [0.5, 0.6) is 0 Å². The van der Waals surface area contributed by atoms with E-state index >= 15 is 0 Å². The highest BCUT2D eigenvalue weighted by Crippen LogP contribution is 2.32. The maximum Gasteiger partial charge on any atom is 0.0218 e. The highest BCUT2D eigenvalue weighted by molar-refractivity contribution is 4.82. The van der Waals surface area contributed by atoms with Crippen molar-refractivity contribution in [1.82, 2.24) is 5.32 Å². The van der Waals surface area contributed by atoms with Gasteiger partial charge in [0.05, 0.1) is 0 Å². The first-order valence-corrected chi connectivity index (χ1v) is 6.33. The molecule has 2 fully saturated rings. The van der Waals surface area contributed by atoms with Crippen molar-refractivity contribution >= 4 is 0 Å². The number of rotatable bonds is 6.